The van der Waals surface area contributed by atoms with Crippen LogP contribution >= 0.6 is 11.3 Å². The number of carbonyl (C=O) groups excluding carboxylic acids is 1. The molecule has 1 aromatic carbocycles. The molecule has 26 heavy (non-hydrogen) atoms. The number of methoxy groups -OCH3 is 1. The number of anilines is 1. The quantitative estimate of drug-likeness (QED) is 0.386. The van der Waals surface area contributed by atoms with E-state index in [1.54, 1.807) is 18.3 Å². The van der Waals surface area contributed by atoms with Crippen molar-refractivity contribution in [2.24, 2.45) is 5.10 Å². The summed E-state index contributed by atoms with van der Waals surface area (Å²) < 4.78 is 15.7. The average Bonchev–Trinajstić information content (AvgIpc) is 3.29. The van der Waals surface area contributed by atoms with Gasteiger partial charge in [0.15, 0.2) is 0 Å². The number of nitrogens with zero attached hydrogens (tertiary/aromatic N) is 2. The monoisotopic (exact) mass is 371 g/mol. The largest absolute Gasteiger partial charge is 0.486 e. The van der Waals surface area contributed by atoms with Gasteiger partial charge in [-0.25, -0.2) is 9.78 Å². The second kappa shape index (κ2) is 8.30. The van der Waals surface area contributed by atoms with E-state index in [1.807, 2.05) is 36.6 Å². The molecule has 7 nitrogen and oxygen atoms in total. The molecule has 0 saturated heterocycles. The summed E-state index contributed by atoms with van der Waals surface area (Å²) in [7, 11) is 1.30. The zero-order chi connectivity index (χ0) is 18.4. The zero-order valence-corrected chi connectivity index (χ0v) is 15.1. The molecule has 0 unspecified atom stereocenters. The van der Waals surface area contributed by atoms with E-state index >= 15 is 0 Å². The minimum absolute atomic E-state index is 0.149. The first-order valence-corrected chi connectivity index (χ1v) is 8.63. The maximum atomic E-state index is 11.4. The van der Waals surface area contributed by atoms with Crippen molar-refractivity contribution in [1.29, 1.82) is 0 Å². The predicted octanol–water partition coefficient (Wildman–Crippen LogP) is 3.86. The summed E-state index contributed by atoms with van der Waals surface area (Å²) in [5.41, 5.74) is 4.72. The number of ether oxygens (including phenoxy) is 2. The van der Waals surface area contributed by atoms with E-state index in [2.05, 4.69) is 20.2 Å². The molecule has 0 aliphatic carbocycles. The maximum Gasteiger partial charge on any atom is 0.373 e. The summed E-state index contributed by atoms with van der Waals surface area (Å²) in [5, 5.41) is 6.86. The van der Waals surface area contributed by atoms with E-state index in [0.29, 0.717) is 11.5 Å². The molecule has 2 aromatic heterocycles. The topological polar surface area (TPSA) is 86.0 Å². The number of furan rings is 1. The molecule has 0 aliphatic heterocycles. The molecular formula is C18H17N3O4S. The van der Waals surface area contributed by atoms with Crippen LogP contribution in [0.5, 0.6) is 5.75 Å². The molecule has 3 rings (SSSR count). The van der Waals surface area contributed by atoms with Crippen LogP contribution in [0, 0.1) is 6.92 Å². The first kappa shape index (κ1) is 17.7. The second-order valence-electron chi connectivity index (χ2n) is 5.28. The van der Waals surface area contributed by atoms with E-state index in [0.717, 1.165) is 16.4 Å². The number of carbonyl (C=O) groups is 1. The van der Waals surface area contributed by atoms with Crippen LogP contribution in [0.25, 0.3) is 0 Å². The van der Waals surface area contributed by atoms with Crippen LogP contribution in [0.4, 0.5) is 5.13 Å². The van der Waals surface area contributed by atoms with Crippen molar-refractivity contribution in [2.75, 3.05) is 12.5 Å². The first-order valence-electron chi connectivity index (χ1n) is 7.75. The standard InChI is InChI=1S/C18H17N3O4S/c1-12-11-26-18(20-12)21-19-9-13-4-3-5-14(8-13)24-10-15-6-7-16(25-15)17(22)23-2/h3-9,11H,10H2,1-2H3,(H,20,21). The average molecular weight is 371 g/mol. The molecule has 0 spiro atoms. The Bertz CT molecular complexity index is 917. The molecule has 0 atom stereocenters. The molecule has 3 aromatic rings. The van der Waals surface area contributed by atoms with E-state index in [4.69, 9.17) is 9.15 Å². The van der Waals surface area contributed by atoms with Gasteiger partial charge in [-0.15, -0.1) is 11.3 Å². The van der Waals surface area contributed by atoms with Gasteiger partial charge in [-0.2, -0.15) is 5.10 Å². The van der Waals surface area contributed by atoms with E-state index in [1.165, 1.54) is 18.4 Å². The molecule has 0 saturated carbocycles. The van der Waals surface area contributed by atoms with Crippen LogP contribution in [0.2, 0.25) is 0 Å². The van der Waals surface area contributed by atoms with Crippen molar-refractivity contribution < 1.29 is 18.7 Å². The number of hydrazone groups is 1. The van der Waals surface area contributed by atoms with Gasteiger partial charge in [0.2, 0.25) is 10.9 Å². The van der Waals surface area contributed by atoms with Gasteiger partial charge < -0.3 is 13.9 Å². The molecule has 0 amide bonds. The highest BCUT2D eigenvalue weighted by Crippen LogP contribution is 2.17. The van der Waals surface area contributed by atoms with Gasteiger partial charge in [-0.3, -0.25) is 5.43 Å². The maximum absolute atomic E-state index is 11.4. The molecule has 134 valence electrons. The van der Waals surface area contributed by atoms with Crippen molar-refractivity contribution in [2.45, 2.75) is 13.5 Å². The van der Waals surface area contributed by atoms with Gasteiger partial charge in [0, 0.05) is 5.38 Å². The Morgan fingerprint density at radius 1 is 1.38 bits per heavy atom. The summed E-state index contributed by atoms with van der Waals surface area (Å²) in [6.45, 7) is 2.13. The van der Waals surface area contributed by atoms with Gasteiger partial charge in [-0.1, -0.05) is 12.1 Å². The third-order valence-corrected chi connectivity index (χ3v) is 4.15. The lowest BCUT2D eigenvalue weighted by molar-refractivity contribution is 0.0561. The molecule has 0 aliphatic rings. The Labute approximate surface area is 154 Å². The summed E-state index contributed by atoms with van der Waals surface area (Å²) in [6, 6.07) is 10.7. The molecule has 2 heterocycles. The van der Waals surface area contributed by atoms with Gasteiger partial charge in [0.05, 0.1) is 19.0 Å². The number of nitrogens with one attached hydrogen (secondary N) is 1. The summed E-state index contributed by atoms with van der Waals surface area (Å²) in [4.78, 5) is 15.6. The fourth-order valence-electron chi connectivity index (χ4n) is 2.07. The van der Waals surface area contributed by atoms with Crippen LogP contribution in [0.1, 0.15) is 27.6 Å². The highest BCUT2D eigenvalue weighted by molar-refractivity contribution is 7.13. The number of benzene rings is 1. The Kier molecular flexibility index (Phi) is 5.65. The van der Waals surface area contributed by atoms with E-state index in [9.17, 15) is 4.79 Å². The lowest BCUT2D eigenvalue weighted by atomic mass is 10.2. The number of aryl methyl sites for hydroxylation is 1. The van der Waals surface area contributed by atoms with Crippen molar-refractivity contribution in [3.8, 4) is 5.75 Å². The van der Waals surface area contributed by atoms with Crippen molar-refractivity contribution in [1.82, 2.24) is 4.98 Å². The smallest absolute Gasteiger partial charge is 0.373 e. The molecule has 1 N–H and O–H groups in total. The zero-order valence-electron chi connectivity index (χ0n) is 14.3. The summed E-state index contributed by atoms with van der Waals surface area (Å²) in [5.74, 6) is 0.827. The minimum Gasteiger partial charge on any atom is -0.486 e. The molecule has 0 fully saturated rings. The van der Waals surface area contributed by atoms with E-state index < -0.39 is 5.97 Å². The Morgan fingerprint density at radius 2 is 2.27 bits per heavy atom. The Morgan fingerprint density at radius 3 is 3.04 bits per heavy atom. The number of aromatic nitrogens is 1. The fraction of sp³-hybridized carbons (Fsp3) is 0.167. The minimum atomic E-state index is -0.516. The molecule has 0 radical (unpaired) electrons. The normalized spacial score (nSPS) is 10.8. The van der Waals surface area contributed by atoms with Crippen LogP contribution in [-0.4, -0.2) is 24.3 Å². The Hall–Kier alpha value is -3.13. The number of hydrogen-bond acceptors (Lipinski definition) is 8. The fourth-order valence-corrected chi connectivity index (χ4v) is 2.71. The van der Waals surface area contributed by atoms with Crippen molar-refractivity contribution in [3.63, 3.8) is 0 Å². The third-order valence-electron chi connectivity index (χ3n) is 3.28. The van der Waals surface area contributed by atoms with Gasteiger partial charge in [0.25, 0.3) is 0 Å². The van der Waals surface area contributed by atoms with Crippen molar-refractivity contribution in [3.05, 3.63) is 64.6 Å². The second-order valence-corrected chi connectivity index (χ2v) is 6.14. The molecule has 8 heteroatoms. The third kappa shape index (κ3) is 4.70. The summed E-state index contributed by atoms with van der Waals surface area (Å²) >= 11 is 1.50. The highest BCUT2D eigenvalue weighted by Gasteiger charge is 2.11. The van der Waals surface area contributed by atoms with Crippen LogP contribution < -0.4 is 10.2 Å². The van der Waals surface area contributed by atoms with Crippen LogP contribution in [0.3, 0.4) is 0 Å². The number of thiazole rings is 1. The van der Waals surface area contributed by atoms with Gasteiger partial charge in [0.1, 0.15) is 18.1 Å². The SMILES string of the molecule is COC(=O)c1ccc(COc2cccc(C=NNc3nc(C)cs3)c2)o1. The lowest BCUT2D eigenvalue weighted by Gasteiger charge is -2.05. The van der Waals surface area contributed by atoms with Gasteiger partial charge >= 0.3 is 5.97 Å². The van der Waals surface area contributed by atoms with Gasteiger partial charge in [-0.05, 0) is 36.8 Å². The Balaban J connectivity index is 1.56. The van der Waals surface area contributed by atoms with E-state index in [-0.39, 0.29) is 12.4 Å². The highest BCUT2D eigenvalue weighted by atomic mass is 32.1. The van der Waals surface area contributed by atoms with Crippen LogP contribution in [0.15, 0.2) is 51.3 Å². The number of esters is 1. The molecule has 0 bridgehead atoms. The number of rotatable bonds is 7. The van der Waals surface area contributed by atoms with Crippen molar-refractivity contribution >= 4 is 28.7 Å². The van der Waals surface area contributed by atoms with Crippen LogP contribution in [-0.2, 0) is 11.3 Å². The summed E-state index contributed by atoms with van der Waals surface area (Å²) in [6.07, 6.45) is 1.69. The predicted molar refractivity (Wildman–Crippen MR) is 98.9 cm³/mol. The first-order chi connectivity index (χ1) is 12.6. The lowest BCUT2D eigenvalue weighted by Crippen LogP contribution is -1.99. The number of hydrogen-bond donors (Lipinski definition) is 1. The molecular weight excluding hydrogens is 354 g/mol.